The Morgan fingerprint density at radius 1 is 0.882 bits per heavy atom. The van der Waals surface area contributed by atoms with Crippen molar-refractivity contribution in [3.63, 3.8) is 0 Å². The highest BCUT2D eigenvalue weighted by Crippen LogP contribution is 2.38. The fraction of sp³-hybridized carbons (Fsp3) is 0.192. The van der Waals surface area contributed by atoms with E-state index in [-0.39, 0.29) is 11.5 Å². The summed E-state index contributed by atoms with van der Waals surface area (Å²) in [5.41, 5.74) is 4.59. The molecule has 0 aliphatic heterocycles. The summed E-state index contributed by atoms with van der Waals surface area (Å²) in [6.07, 6.45) is 2.51. The first kappa shape index (κ1) is 24.3. The first-order valence-corrected chi connectivity index (χ1v) is 10.5. The molecule has 0 aliphatic carbocycles. The second kappa shape index (κ2) is 12.1. The molecular weight excluding hydrogens is 436 g/mol. The van der Waals surface area contributed by atoms with Crippen molar-refractivity contribution in [3.8, 4) is 23.0 Å². The van der Waals surface area contributed by atoms with E-state index in [0.29, 0.717) is 35.8 Å². The standard InChI is InChI=1S/C26H26N2O6/c1-31-22-15-20(16-23(32-2)25(22)33-3)26(30)34-21-12-9-19(10-13-21)17-27-28-24(29)14-11-18-7-5-4-6-8-18/h4-10,12-13,15-17H,11,14H2,1-3H3,(H,28,29)/b27-17-. The lowest BCUT2D eigenvalue weighted by molar-refractivity contribution is -0.121. The molecule has 0 heterocycles. The van der Waals surface area contributed by atoms with Gasteiger partial charge >= 0.3 is 5.97 Å². The number of amides is 1. The van der Waals surface area contributed by atoms with Crippen LogP contribution in [-0.4, -0.2) is 39.4 Å². The van der Waals surface area contributed by atoms with Crippen molar-refractivity contribution >= 4 is 18.1 Å². The maximum atomic E-state index is 12.6. The van der Waals surface area contributed by atoms with Gasteiger partial charge in [-0.2, -0.15) is 5.10 Å². The third kappa shape index (κ3) is 6.59. The monoisotopic (exact) mass is 462 g/mol. The van der Waals surface area contributed by atoms with E-state index >= 15 is 0 Å². The number of esters is 1. The first-order valence-electron chi connectivity index (χ1n) is 10.5. The van der Waals surface area contributed by atoms with E-state index in [1.807, 2.05) is 30.3 Å². The molecule has 0 fully saturated rings. The Bertz CT molecular complexity index is 1120. The van der Waals surface area contributed by atoms with Crippen molar-refractivity contribution in [2.24, 2.45) is 5.10 Å². The average molecular weight is 463 g/mol. The second-order valence-corrected chi connectivity index (χ2v) is 7.15. The van der Waals surface area contributed by atoms with Gasteiger partial charge in [-0.1, -0.05) is 30.3 Å². The molecule has 0 aromatic heterocycles. The highest BCUT2D eigenvalue weighted by Gasteiger charge is 2.18. The number of methoxy groups -OCH3 is 3. The summed E-state index contributed by atoms with van der Waals surface area (Å²) in [5, 5.41) is 3.97. The predicted octanol–water partition coefficient (Wildman–Crippen LogP) is 4.01. The molecular formula is C26H26N2O6. The van der Waals surface area contributed by atoms with Crippen LogP contribution in [-0.2, 0) is 11.2 Å². The van der Waals surface area contributed by atoms with Gasteiger partial charge in [-0.25, -0.2) is 10.2 Å². The zero-order valence-corrected chi connectivity index (χ0v) is 19.2. The van der Waals surface area contributed by atoms with E-state index in [2.05, 4.69) is 10.5 Å². The molecule has 0 saturated heterocycles. The lowest BCUT2D eigenvalue weighted by atomic mass is 10.1. The highest BCUT2D eigenvalue weighted by atomic mass is 16.5. The van der Waals surface area contributed by atoms with Crippen molar-refractivity contribution in [2.75, 3.05) is 21.3 Å². The summed E-state index contributed by atoms with van der Waals surface area (Å²) in [4.78, 5) is 24.5. The lowest BCUT2D eigenvalue weighted by Crippen LogP contribution is -2.17. The Morgan fingerprint density at radius 2 is 1.53 bits per heavy atom. The molecule has 0 radical (unpaired) electrons. The van der Waals surface area contributed by atoms with Crippen molar-refractivity contribution < 1.29 is 28.5 Å². The van der Waals surface area contributed by atoms with Gasteiger partial charge in [-0.05, 0) is 53.9 Å². The predicted molar refractivity (Wildman–Crippen MR) is 128 cm³/mol. The number of ether oxygens (including phenoxy) is 4. The van der Waals surface area contributed by atoms with E-state index < -0.39 is 5.97 Å². The number of hydrogen-bond acceptors (Lipinski definition) is 7. The molecule has 0 aliphatic rings. The summed E-state index contributed by atoms with van der Waals surface area (Å²) < 4.78 is 21.2. The van der Waals surface area contributed by atoms with Crippen LogP contribution in [0.4, 0.5) is 0 Å². The molecule has 1 N–H and O–H groups in total. The molecule has 3 rings (SSSR count). The maximum Gasteiger partial charge on any atom is 0.343 e. The molecule has 0 bridgehead atoms. The lowest BCUT2D eigenvalue weighted by Gasteiger charge is -2.13. The van der Waals surface area contributed by atoms with Gasteiger partial charge in [0.25, 0.3) is 0 Å². The Kier molecular flexibility index (Phi) is 8.62. The smallest absolute Gasteiger partial charge is 0.343 e. The molecule has 3 aromatic rings. The van der Waals surface area contributed by atoms with Crippen molar-refractivity contribution in [1.29, 1.82) is 0 Å². The third-order valence-corrected chi connectivity index (χ3v) is 4.88. The zero-order valence-electron chi connectivity index (χ0n) is 19.2. The Hall–Kier alpha value is -4.33. The average Bonchev–Trinajstić information content (AvgIpc) is 2.88. The van der Waals surface area contributed by atoms with Gasteiger partial charge in [0, 0.05) is 6.42 Å². The summed E-state index contributed by atoms with van der Waals surface area (Å²) in [6.45, 7) is 0. The van der Waals surface area contributed by atoms with Crippen molar-refractivity contribution in [2.45, 2.75) is 12.8 Å². The minimum absolute atomic E-state index is 0.170. The van der Waals surface area contributed by atoms with Gasteiger partial charge in [0.2, 0.25) is 11.7 Å². The van der Waals surface area contributed by atoms with Gasteiger partial charge in [0.1, 0.15) is 5.75 Å². The Balaban J connectivity index is 1.55. The van der Waals surface area contributed by atoms with E-state index in [9.17, 15) is 9.59 Å². The molecule has 0 unspecified atom stereocenters. The molecule has 176 valence electrons. The van der Waals surface area contributed by atoms with Gasteiger partial charge < -0.3 is 18.9 Å². The Morgan fingerprint density at radius 3 is 2.12 bits per heavy atom. The van der Waals surface area contributed by atoms with Gasteiger partial charge in [-0.3, -0.25) is 4.79 Å². The van der Waals surface area contributed by atoms with E-state index in [4.69, 9.17) is 18.9 Å². The van der Waals surface area contributed by atoms with Gasteiger partial charge in [-0.15, -0.1) is 0 Å². The summed E-state index contributed by atoms with van der Waals surface area (Å²) in [5.74, 6) is 0.694. The molecule has 0 saturated carbocycles. The van der Waals surface area contributed by atoms with Crippen LogP contribution >= 0.6 is 0 Å². The number of nitrogens with one attached hydrogen (secondary N) is 1. The summed E-state index contributed by atoms with van der Waals surface area (Å²) >= 11 is 0. The molecule has 8 nitrogen and oxygen atoms in total. The van der Waals surface area contributed by atoms with Gasteiger partial charge in [0.05, 0.1) is 33.1 Å². The molecule has 34 heavy (non-hydrogen) atoms. The largest absolute Gasteiger partial charge is 0.493 e. The van der Waals surface area contributed by atoms with Crippen LogP contribution in [0.25, 0.3) is 0 Å². The van der Waals surface area contributed by atoms with Crippen molar-refractivity contribution in [3.05, 3.63) is 83.4 Å². The third-order valence-electron chi connectivity index (χ3n) is 4.88. The van der Waals surface area contributed by atoms with Crippen molar-refractivity contribution in [1.82, 2.24) is 5.43 Å². The molecule has 1 amide bonds. The molecule has 0 spiro atoms. The second-order valence-electron chi connectivity index (χ2n) is 7.15. The Labute approximate surface area is 198 Å². The quantitative estimate of drug-likeness (QED) is 0.212. The fourth-order valence-electron chi connectivity index (χ4n) is 3.12. The molecule has 3 aromatic carbocycles. The maximum absolute atomic E-state index is 12.6. The highest BCUT2D eigenvalue weighted by molar-refractivity contribution is 5.93. The van der Waals surface area contributed by atoms with Crippen LogP contribution in [0, 0.1) is 0 Å². The number of carbonyl (C=O) groups is 2. The van der Waals surface area contributed by atoms with Crippen LogP contribution in [0.15, 0.2) is 71.8 Å². The number of rotatable bonds is 10. The first-order chi connectivity index (χ1) is 16.5. The zero-order chi connectivity index (χ0) is 24.3. The number of nitrogens with zero attached hydrogens (tertiary/aromatic N) is 1. The van der Waals surface area contributed by atoms with E-state index in [1.165, 1.54) is 39.7 Å². The molecule has 0 atom stereocenters. The van der Waals surface area contributed by atoms with Crippen LogP contribution in [0.2, 0.25) is 0 Å². The summed E-state index contributed by atoms with van der Waals surface area (Å²) in [6, 6.07) is 19.5. The topological polar surface area (TPSA) is 95.5 Å². The minimum Gasteiger partial charge on any atom is -0.493 e. The van der Waals surface area contributed by atoms with Crippen LogP contribution in [0.3, 0.4) is 0 Å². The number of hydrogen-bond donors (Lipinski definition) is 1. The van der Waals surface area contributed by atoms with Crippen LogP contribution in [0.1, 0.15) is 27.9 Å². The number of aryl methyl sites for hydroxylation is 1. The van der Waals surface area contributed by atoms with E-state index in [1.54, 1.807) is 24.3 Å². The van der Waals surface area contributed by atoms with Crippen LogP contribution in [0.5, 0.6) is 23.0 Å². The number of carbonyl (C=O) groups excluding carboxylic acids is 2. The van der Waals surface area contributed by atoms with Crippen LogP contribution < -0.4 is 24.4 Å². The minimum atomic E-state index is -0.577. The number of benzene rings is 3. The SMILES string of the molecule is COc1cc(C(=O)Oc2ccc(/C=N\NC(=O)CCc3ccccc3)cc2)cc(OC)c1OC. The number of hydrazone groups is 1. The summed E-state index contributed by atoms with van der Waals surface area (Å²) in [7, 11) is 4.43. The van der Waals surface area contributed by atoms with E-state index in [0.717, 1.165) is 11.1 Å². The van der Waals surface area contributed by atoms with Gasteiger partial charge in [0.15, 0.2) is 11.5 Å². The molecule has 8 heteroatoms. The normalized spacial score (nSPS) is 10.6. The fourth-order valence-corrected chi connectivity index (χ4v) is 3.12.